The Labute approximate surface area is 124 Å². The fourth-order valence-corrected chi connectivity index (χ4v) is 2.50. The highest BCUT2D eigenvalue weighted by atomic mass is 16.5. The summed E-state index contributed by atoms with van der Waals surface area (Å²) in [7, 11) is 1.36. The summed E-state index contributed by atoms with van der Waals surface area (Å²) < 4.78 is 4.80. The zero-order valence-corrected chi connectivity index (χ0v) is 12.5. The molecule has 0 aliphatic rings. The van der Waals surface area contributed by atoms with Crippen molar-refractivity contribution in [1.29, 1.82) is 0 Å². The normalized spacial score (nSPS) is 10.6. The number of unbranched alkanes of at least 4 members (excludes halogenated alkanes) is 2. The molecule has 0 N–H and O–H groups in total. The number of carbonyl (C=O) groups is 2. The minimum absolute atomic E-state index is 0.135. The Kier molecular flexibility index (Phi) is 5.09. The Hall–Kier alpha value is -2.16. The molecule has 110 valence electrons. The molecule has 2 aromatic rings. The van der Waals surface area contributed by atoms with Gasteiger partial charge in [0.15, 0.2) is 5.78 Å². The van der Waals surface area contributed by atoms with Gasteiger partial charge in [0.1, 0.15) is 0 Å². The monoisotopic (exact) mass is 284 g/mol. The molecule has 21 heavy (non-hydrogen) atoms. The number of hydrogen-bond donors (Lipinski definition) is 0. The van der Waals surface area contributed by atoms with E-state index in [1.165, 1.54) is 7.11 Å². The molecular weight excluding hydrogens is 264 g/mol. The average molecular weight is 284 g/mol. The highest BCUT2D eigenvalue weighted by molar-refractivity contribution is 6.13. The molecule has 0 saturated carbocycles. The van der Waals surface area contributed by atoms with Gasteiger partial charge in [-0.3, -0.25) is 4.79 Å². The van der Waals surface area contributed by atoms with Gasteiger partial charge in [0.2, 0.25) is 0 Å². The summed E-state index contributed by atoms with van der Waals surface area (Å²) in [6.45, 7) is 2.12. The maximum Gasteiger partial charge on any atom is 0.338 e. The molecule has 0 radical (unpaired) electrons. The number of benzene rings is 2. The van der Waals surface area contributed by atoms with Crippen molar-refractivity contribution in [3.05, 3.63) is 47.5 Å². The quantitative estimate of drug-likeness (QED) is 0.449. The standard InChI is InChI=1S/C18H20O3/c1-3-4-5-10-17(19)15-11-12-16(18(20)21-2)14-9-7-6-8-13(14)15/h6-9,11-12H,3-5,10H2,1-2H3. The molecule has 0 aromatic heterocycles. The van der Waals surface area contributed by atoms with Crippen molar-refractivity contribution >= 4 is 22.5 Å². The van der Waals surface area contributed by atoms with Crippen LogP contribution >= 0.6 is 0 Å². The highest BCUT2D eigenvalue weighted by Gasteiger charge is 2.15. The lowest BCUT2D eigenvalue weighted by molar-refractivity contribution is 0.0602. The summed E-state index contributed by atoms with van der Waals surface area (Å²) in [4.78, 5) is 24.2. The fourth-order valence-electron chi connectivity index (χ4n) is 2.50. The van der Waals surface area contributed by atoms with Gasteiger partial charge in [-0.05, 0) is 29.3 Å². The van der Waals surface area contributed by atoms with Crippen molar-refractivity contribution < 1.29 is 14.3 Å². The van der Waals surface area contributed by atoms with Crippen molar-refractivity contribution in [2.75, 3.05) is 7.11 Å². The van der Waals surface area contributed by atoms with Crippen molar-refractivity contribution in [2.45, 2.75) is 32.6 Å². The molecule has 0 heterocycles. The van der Waals surface area contributed by atoms with E-state index in [9.17, 15) is 9.59 Å². The lowest BCUT2D eigenvalue weighted by Crippen LogP contribution is -2.05. The van der Waals surface area contributed by atoms with E-state index in [1.807, 2.05) is 24.3 Å². The van der Waals surface area contributed by atoms with E-state index in [0.717, 1.165) is 30.0 Å². The van der Waals surface area contributed by atoms with Gasteiger partial charge >= 0.3 is 5.97 Å². The van der Waals surface area contributed by atoms with Crippen LogP contribution in [0, 0.1) is 0 Å². The second-order valence-electron chi connectivity index (χ2n) is 5.08. The van der Waals surface area contributed by atoms with E-state index in [2.05, 4.69) is 6.92 Å². The Balaban J connectivity index is 2.43. The summed E-state index contributed by atoms with van der Waals surface area (Å²) in [6, 6.07) is 10.9. The van der Waals surface area contributed by atoms with Crippen molar-refractivity contribution in [3.63, 3.8) is 0 Å². The first kappa shape index (κ1) is 15.2. The van der Waals surface area contributed by atoms with Gasteiger partial charge in [0.05, 0.1) is 12.7 Å². The molecule has 0 bridgehead atoms. The first-order valence-corrected chi connectivity index (χ1v) is 7.32. The smallest absolute Gasteiger partial charge is 0.338 e. The van der Waals surface area contributed by atoms with E-state index in [1.54, 1.807) is 12.1 Å². The molecule has 2 aromatic carbocycles. The lowest BCUT2D eigenvalue weighted by Gasteiger charge is -2.09. The van der Waals surface area contributed by atoms with Gasteiger partial charge in [-0.25, -0.2) is 4.79 Å². The van der Waals surface area contributed by atoms with Crippen molar-refractivity contribution in [2.24, 2.45) is 0 Å². The number of fused-ring (bicyclic) bond motifs is 1. The van der Waals surface area contributed by atoms with Crippen LogP contribution in [0.4, 0.5) is 0 Å². The van der Waals surface area contributed by atoms with Crippen LogP contribution in [0.2, 0.25) is 0 Å². The largest absolute Gasteiger partial charge is 0.465 e. The van der Waals surface area contributed by atoms with Crippen LogP contribution in [0.3, 0.4) is 0 Å². The average Bonchev–Trinajstić information content (AvgIpc) is 2.53. The lowest BCUT2D eigenvalue weighted by atomic mass is 9.95. The molecular formula is C18H20O3. The predicted molar refractivity (Wildman–Crippen MR) is 83.8 cm³/mol. The molecule has 0 unspecified atom stereocenters. The molecule has 0 saturated heterocycles. The summed E-state index contributed by atoms with van der Waals surface area (Å²) in [5, 5.41) is 1.59. The summed E-state index contributed by atoms with van der Waals surface area (Å²) in [5.41, 5.74) is 1.19. The topological polar surface area (TPSA) is 43.4 Å². The zero-order chi connectivity index (χ0) is 15.2. The van der Waals surface area contributed by atoms with E-state index >= 15 is 0 Å². The maximum absolute atomic E-state index is 12.4. The van der Waals surface area contributed by atoms with Gasteiger partial charge in [-0.2, -0.15) is 0 Å². The van der Waals surface area contributed by atoms with Crippen LogP contribution in [0.1, 0.15) is 53.3 Å². The van der Waals surface area contributed by atoms with Crippen LogP contribution in [0.25, 0.3) is 10.8 Å². The molecule has 0 fully saturated rings. The Morgan fingerprint density at radius 3 is 2.19 bits per heavy atom. The SMILES string of the molecule is CCCCCC(=O)c1ccc(C(=O)OC)c2ccccc12. The zero-order valence-electron chi connectivity index (χ0n) is 12.5. The number of Topliss-reactive ketones (excluding diaryl/α,β-unsaturated/α-hetero) is 1. The number of methoxy groups -OCH3 is 1. The van der Waals surface area contributed by atoms with E-state index in [-0.39, 0.29) is 11.8 Å². The van der Waals surface area contributed by atoms with Crippen molar-refractivity contribution in [1.82, 2.24) is 0 Å². The van der Waals surface area contributed by atoms with E-state index in [4.69, 9.17) is 4.74 Å². The van der Waals surface area contributed by atoms with Crippen LogP contribution in [0.5, 0.6) is 0 Å². The number of esters is 1. The van der Waals surface area contributed by atoms with Gasteiger partial charge in [0.25, 0.3) is 0 Å². The van der Waals surface area contributed by atoms with E-state index in [0.29, 0.717) is 17.5 Å². The van der Waals surface area contributed by atoms with Crippen LogP contribution < -0.4 is 0 Å². The first-order chi connectivity index (χ1) is 10.2. The van der Waals surface area contributed by atoms with Gasteiger partial charge in [0, 0.05) is 12.0 Å². The van der Waals surface area contributed by atoms with Crippen molar-refractivity contribution in [3.8, 4) is 0 Å². The molecule has 3 nitrogen and oxygen atoms in total. The van der Waals surface area contributed by atoms with Gasteiger partial charge < -0.3 is 4.74 Å². The summed E-state index contributed by atoms with van der Waals surface area (Å²) in [5.74, 6) is -0.243. The highest BCUT2D eigenvalue weighted by Crippen LogP contribution is 2.25. The molecule has 3 heteroatoms. The maximum atomic E-state index is 12.4. The number of ketones is 1. The Bertz CT molecular complexity index is 659. The van der Waals surface area contributed by atoms with Crippen LogP contribution in [-0.4, -0.2) is 18.9 Å². The minimum atomic E-state index is -0.379. The number of carbonyl (C=O) groups excluding carboxylic acids is 2. The van der Waals surface area contributed by atoms with Crippen LogP contribution in [0.15, 0.2) is 36.4 Å². The number of rotatable bonds is 6. The molecule has 0 aliphatic carbocycles. The molecule has 0 amide bonds. The fraction of sp³-hybridized carbons (Fsp3) is 0.333. The Morgan fingerprint density at radius 2 is 1.57 bits per heavy atom. The second-order valence-corrected chi connectivity index (χ2v) is 5.08. The molecule has 0 aliphatic heterocycles. The number of hydrogen-bond acceptors (Lipinski definition) is 3. The minimum Gasteiger partial charge on any atom is -0.465 e. The molecule has 0 atom stereocenters. The van der Waals surface area contributed by atoms with Gasteiger partial charge in [-0.15, -0.1) is 0 Å². The van der Waals surface area contributed by atoms with E-state index < -0.39 is 0 Å². The molecule has 2 rings (SSSR count). The Morgan fingerprint density at radius 1 is 0.952 bits per heavy atom. The third-order valence-corrected chi connectivity index (χ3v) is 3.64. The summed E-state index contributed by atoms with van der Waals surface area (Å²) >= 11 is 0. The van der Waals surface area contributed by atoms with Gasteiger partial charge in [-0.1, -0.05) is 44.0 Å². The summed E-state index contributed by atoms with van der Waals surface area (Å²) in [6.07, 6.45) is 3.61. The number of ether oxygens (including phenoxy) is 1. The molecule has 0 spiro atoms. The third kappa shape index (κ3) is 3.30. The third-order valence-electron chi connectivity index (χ3n) is 3.64. The second kappa shape index (κ2) is 7.02. The first-order valence-electron chi connectivity index (χ1n) is 7.32. The van der Waals surface area contributed by atoms with Crippen LogP contribution in [-0.2, 0) is 4.74 Å². The predicted octanol–water partition coefficient (Wildman–Crippen LogP) is 4.39.